The van der Waals surface area contributed by atoms with Gasteiger partial charge >= 0.3 is 0 Å². The third-order valence-electron chi connectivity index (χ3n) is 5.86. The molecule has 2 amide bonds. The van der Waals surface area contributed by atoms with Crippen LogP contribution in [-0.4, -0.2) is 43.7 Å². The van der Waals surface area contributed by atoms with Gasteiger partial charge in [0.1, 0.15) is 0 Å². The second-order valence-corrected chi connectivity index (χ2v) is 9.53. The lowest BCUT2D eigenvalue weighted by Gasteiger charge is -2.21. The van der Waals surface area contributed by atoms with Gasteiger partial charge in [-0.05, 0) is 60.9 Å². The van der Waals surface area contributed by atoms with Crippen LogP contribution in [0.5, 0.6) is 0 Å². The van der Waals surface area contributed by atoms with Crippen molar-refractivity contribution in [3.8, 4) is 0 Å². The van der Waals surface area contributed by atoms with Crippen molar-refractivity contribution in [1.82, 2.24) is 9.62 Å². The number of rotatable bonds is 4. The van der Waals surface area contributed by atoms with Gasteiger partial charge in [-0.1, -0.05) is 6.58 Å². The highest BCUT2D eigenvalue weighted by atomic mass is 32.2. The van der Waals surface area contributed by atoms with Crippen LogP contribution in [0, 0.1) is 11.8 Å². The number of benzene rings is 1. The van der Waals surface area contributed by atoms with Gasteiger partial charge in [-0.25, -0.2) is 8.42 Å². The number of nitrogens with zero attached hydrogens (tertiary/aromatic N) is 1. The van der Waals surface area contributed by atoms with Crippen molar-refractivity contribution in [2.75, 3.05) is 18.4 Å². The highest BCUT2D eigenvalue weighted by Gasteiger charge is 2.45. The van der Waals surface area contributed by atoms with Crippen LogP contribution in [-0.2, 0) is 26.0 Å². The molecule has 1 saturated heterocycles. The molecule has 2 fully saturated rings. The minimum Gasteiger partial charge on any atom is -0.350 e. The maximum Gasteiger partial charge on any atom is 0.243 e. The zero-order valence-electron chi connectivity index (χ0n) is 15.0. The first kappa shape index (κ1) is 18.2. The van der Waals surface area contributed by atoms with E-state index >= 15 is 0 Å². The third-order valence-corrected chi connectivity index (χ3v) is 7.69. The third kappa shape index (κ3) is 3.39. The number of hydrogen-bond donors (Lipinski definition) is 2. The van der Waals surface area contributed by atoms with E-state index in [4.69, 9.17) is 0 Å². The molecule has 144 valence electrons. The summed E-state index contributed by atoms with van der Waals surface area (Å²) in [7, 11) is -3.56. The monoisotopic (exact) mass is 389 g/mol. The van der Waals surface area contributed by atoms with Gasteiger partial charge in [0.25, 0.3) is 0 Å². The Morgan fingerprint density at radius 3 is 2.59 bits per heavy atom. The fourth-order valence-electron chi connectivity index (χ4n) is 4.50. The van der Waals surface area contributed by atoms with E-state index in [2.05, 4.69) is 17.2 Å². The molecule has 0 spiro atoms. The average molecular weight is 389 g/mol. The molecule has 2 atom stereocenters. The molecule has 7 nitrogen and oxygen atoms in total. The van der Waals surface area contributed by atoms with Crippen LogP contribution in [0.3, 0.4) is 0 Å². The van der Waals surface area contributed by atoms with E-state index in [1.165, 1.54) is 6.08 Å². The summed E-state index contributed by atoms with van der Waals surface area (Å²) in [5.74, 6) is 0.327. The van der Waals surface area contributed by atoms with Crippen molar-refractivity contribution in [3.63, 3.8) is 0 Å². The van der Waals surface area contributed by atoms with Gasteiger partial charge < -0.3 is 10.6 Å². The molecule has 0 aromatic heterocycles. The smallest absolute Gasteiger partial charge is 0.243 e. The van der Waals surface area contributed by atoms with E-state index in [1.807, 2.05) is 0 Å². The van der Waals surface area contributed by atoms with Crippen molar-refractivity contribution < 1.29 is 18.0 Å². The summed E-state index contributed by atoms with van der Waals surface area (Å²) in [5, 5.41) is 5.70. The number of aryl methyl sites for hydroxylation is 1. The summed E-state index contributed by atoms with van der Waals surface area (Å²) >= 11 is 0. The quantitative estimate of drug-likeness (QED) is 0.758. The molecule has 0 radical (unpaired) electrons. The van der Waals surface area contributed by atoms with Crippen LogP contribution < -0.4 is 10.6 Å². The summed E-state index contributed by atoms with van der Waals surface area (Å²) in [4.78, 5) is 23.2. The fraction of sp³-hybridized carbons (Fsp3) is 0.474. The van der Waals surface area contributed by atoms with Crippen LogP contribution in [0.4, 0.5) is 5.69 Å². The highest BCUT2D eigenvalue weighted by molar-refractivity contribution is 7.89. The molecule has 2 unspecified atom stereocenters. The van der Waals surface area contributed by atoms with Gasteiger partial charge in [-0.2, -0.15) is 4.31 Å². The standard InChI is InChI=1S/C19H23N3O4S/c1-2-18(23)20-15-7-13-10-22(11-14(13)8-15)27(25,26)16-4-5-17-12(9-16)3-6-19(24)21-17/h2,4-5,9,13-15H,1,3,6-8,10-11H2,(H,20,23)(H,21,24). The number of nitrogens with one attached hydrogen (secondary N) is 2. The lowest BCUT2D eigenvalue weighted by Crippen LogP contribution is -2.35. The summed E-state index contributed by atoms with van der Waals surface area (Å²) in [6, 6.07) is 5.03. The molecular formula is C19H23N3O4S. The predicted octanol–water partition coefficient (Wildman–Crippen LogP) is 1.27. The van der Waals surface area contributed by atoms with Gasteiger partial charge in [0.05, 0.1) is 4.90 Å². The SMILES string of the molecule is C=CC(=O)NC1CC2CN(S(=O)(=O)c3ccc4c(c3)CCC(=O)N4)CC2C1. The Morgan fingerprint density at radius 1 is 1.22 bits per heavy atom. The van der Waals surface area contributed by atoms with E-state index in [-0.39, 0.29) is 34.6 Å². The Labute approximate surface area is 158 Å². The molecule has 1 aromatic rings. The first-order valence-electron chi connectivity index (χ1n) is 9.22. The van der Waals surface area contributed by atoms with Crippen molar-refractivity contribution in [1.29, 1.82) is 0 Å². The Hall–Kier alpha value is -2.19. The molecule has 8 heteroatoms. The van der Waals surface area contributed by atoms with Crippen LogP contribution in [0.25, 0.3) is 0 Å². The second kappa shape index (κ2) is 6.76. The van der Waals surface area contributed by atoms with Gasteiger partial charge in [0, 0.05) is 31.2 Å². The lowest BCUT2D eigenvalue weighted by atomic mass is 10.0. The number of hydrogen-bond acceptors (Lipinski definition) is 4. The highest BCUT2D eigenvalue weighted by Crippen LogP contribution is 2.40. The molecule has 1 saturated carbocycles. The van der Waals surface area contributed by atoms with Crippen LogP contribution in [0.15, 0.2) is 35.7 Å². The molecule has 0 bridgehead atoms. The fourth-order valence-corrected chi connectivity index (χ4v) is 6.11. The minimum absolute atomic E-state index is 0.0384. The Kier molecular flexibility index (Phi) is 4.55. The number of amides is 2. The first-order valence-corrected chi connectivity index (χ1v) is 10.7. The minimum atomic E-state index is -3.56. The molecule has 2 aliphatic heterocycles. The summed E-state index contributed by atoms with van der Waals surface area (Å²) in [5.41, 5.74) is 1.56. The van der Waals surface area contributed by atoms with Crippen LogP contribution in [0.1, 0.15) is 24.8 Å². The topological polar surface area (TPSA) is 95.6 Å². The number of carbonyl (C=O) groups is 2. The van der Waals surface area contributed by atoms with Crippen LogP contribution in [0.2, 0.25) is 0 Å². The number of fused-ring (bicyclic) bond motifs is 2. The first-order chi connectivity index (χ1) is 12.9. The van der Waals surface area contributed by atoms with Crippen molar-refractivity contribution in [2.45, 2.75) is 36.6 Å². The van der Waals surface area contributed by atoms with E-state index < -0.39 is 10.0 Å². The molecule has 27 heavy (non-hydrogen) atoms. The Balaban J connectivity index is 1.47. The van der Waals surface area contributed by atoms with Gasteiger partial charge in [-0.15, -0.1) is 0 Å². The largest absolute Gasteiger partial charge is 0.350 e. The molecule has 2 heterocycles. The van der Waals surface area contributed by atoms with Crippen molar-refractivity contribution in [3.05, 3.63) is 36.4 Å². The molecular weight excluding hydrogens is 366 g/mol. The summed E-state index contributed by atoms with van der Waals surface area (Å²) in [6.07, 6.45) is 3.80. The van der Waals surface area contributed by atoms with Gasteiger partial charge in [0.2, 0.25) is 21.8 Å². The average Bonchev–Trinajstić information content (AvgIpc) is 3.20. The molecule has 1 aliphatic carbocycles. The molecule has 1 aromatic carbocycles. The normalized spacial score (nSPS) is 27.6. The van der Waals surface area contributed by atoms with E-state index in [1.54, 1.807) is 22.5 Å². The van der Waals surface area contributed by atoms with E-state index in [0.29, 0.717) is 31.6 Å². The molecule has 3 aliphatic rings. The summed E-state index contributed by atoms with van der Waals surface area (Å²) in [6.45, 7) is 4.44. The van der Waals surface area contributed by atoms with E-state index in [9.17, 15) is 18.0 Å². The second-order valence-electron chi connectivity index (χ2n) is 7.59. The van der Waals surface area contributed by atoms with E-state index in [0.717, 1.165) is 18.4 Å². The van der Waals surface area contributed by atoms with Crippen molar-refractivity contribution in [2.24, 2.45) is 11.8 Å². The number of anilines is 1. The lowest BCUT2D eigenvalue weighted by molar-refractivity contribution is -0.117. The van der Waals surface area contributed by atoms with Gasteiger partial charge in [0.15, 0.2) is 0 Å². The predicted molar refractivity (Wildman–Crippen MR) is 100 cm³/mol. The molecule has 2 N–H and O–H groups in total. The molecule has 4 rings (SSSR count). The number of carbonyl (C=O) groups excluding carboxylic acids is 2. The maximum absolute atomic E-state index is 13.1. The van der Waals surface area contributed by atoms with Crippen LogP contribution >= 0.6 is 0 Å². The Morgan fingerprint density at radius 2 is 1.93 bits per heavy atom. The number of sulfonamides is 1. The Bertz CT molecular complexity index is 898. The zero-order chi connectivity index (χ0) is 19.2. The van der Waals surface area contributed by atoms with Crippen molar-refractivity contribution >= 4 is 27.5 Å². The summed E-state index contributed by atoms with van der Waals surface area (Å²) < 4.78 is 27.7. The maximum atomic E-state index is 13.1. The van der Waals surface area contributed by atoms with Gasteiger partial charge in [-0.3, -0.25) is 9.59 Å². The zero-order valence-corrected chi connectivity index (χ0v) is 15.8.